The van der Waals surface area contributed by atoms with Crippen LogP contribution in [0.25, 0.3) is 11.5 Å². The Hall–Kier alpha value is -1.84. The molecule has 1 aromatic carbocycles. The van der Waals surface area contributed by atoms with E-state index in [0.717, 1.165) is 30.8 Å². The minimum atomic E-state index is 0.528. The van der Waals surface area contributed by atoms with Gasteiger partial charge in [0.05, 0.1) is 6.61 Å². The van der Waals surface area contributed by atoms with Gasteiger partial charge in [0, 0.05) is 5.56 Å². The molecule has 0 atom stereocenters. The third-order valence-corrected chi connectivity index (χ3v) is 2.23. The summed E-state index contributed by atoms with van der Waals surface area (Å²) in [7, 11) is 0. The summed E-state index contributed by atoms with van der Waals surface area (Å²) < 4.78 is 10.6. The minimum Gasteiger partial charge on any atom is -0.494 e. The normalized spacial score (nSPS) is 10.3. The van der Waals surface area contributed by atoms with E-state index in [1.54, 1.807) is 0 Å². The smallest absolute Gasteiger partial charge is 0.247 e. The fraction of sp³-hybridized carbons (Fsp3) is 0.333. The van der Waals surface area contributed by atoms with Crippen LogP contribution in [-0.4, -0.2) is 16.8 Å². The summed E-state index contributed by atoms with van der Waals surface area (Å²) in [5.74, 6) is 1.40. The van der Waals surface area contributed by atoms with E-state index in [1.165, 1.54) is 6.39 Å². The highest BCUT2D eigenvalue weighted by molar-refractivity contribution is 5.53. The number of ether oxygens (including phenoxy) is 1. The van der Waals surface area contributed by atoms with E-state index in [-0.39, 0.29) is 0 Å². The van der Waals surface area contributed by atoms with Crippen molar-refractivity contribution < 1.29 is 9.15 Å². The largest absolute Gasteiger partial charge is 0.494 e. The average molecular weight is 218 g/mol. The van der Waals surface area contributed by atoms with Gasteiger partial charge in [0.25, 0.3) is 0 Å². The molecule has 0 unspecified atom stereocenters. The fourth-order valence-corrected chi connectivity index (χ4v) is 1.33. The summed E-state index contributed by atoms with van der Waals surface area (Å²) in [6, 6.07) is 7.65. The van der Waals surface area contributed by atoms with Crippen molar-refractivity contribution in [1.82, 2.24) is 10.2 Å². The average Bonchev–Trinajstić information content (AvgIpc) is 2.84. The first-order valence-corrected chi connectivity index (χ1v) is 5.39. The molecule has 1 aromatic heterocycles. The first-order valence-electron chi connectivity index (χ1n) is 5.39. The van der Waals surface area contributed by atoms with E-state index in [9.17, 15) is 0 Å². The van der Waals surface area contributed by atoms with Crippen LogP contribution in [0, 0.1) is 0 Å². The fourth-order valence-electron chi connectivity index (χ4n) is 1.33. The highest BCUT2D eigenvalue weighted by Gasteiger charge is 2.02. The van der Waals surface area contributed by atoms with Gasteiger partial charge >= 0.3 is 0 Å². The van der Waals surface area contributed by atoms with Crippen molar-refractivity contribution in [1.29, 1.82) is 0 Å². The summed E-state index contributed by atoms with van der Waals surface area (Å²) in [4.78, 5) is 0. The maximum Gasteiger partial charge on any atom is 0.247 e. The lowest BCUT2D eigenvalue weighted by atomic mass is 10.2. The van der Waals surface area contributed by atoms with Gasteiger partial charge in [-0.3, -0.25) is 0 Å². The number of hydrogen-bond acceptors (Lipinski definition) is 4. The van der Waals surface area contributed by atoms with Crippen LogP contribution >= 0.6 is 0 Å². The molecule has 0 N–H and O–H groups in total. The summed E-state index contributed by atoms with van der Waals surface area (Å²) in [5, 5.41) is 7.47. The Morgan fingerprint density at radius 1 is 1.25 bits per heavy atom. The SMILES string of the molecule is CCCCOc1ccc(-c2nnco2)cc1. The van der Waals surface area contributed by atoms with Gasteiger partial charge in [0.2, 0.25) is 12.3 Å². The third kappa shape index (κ3) is 2.59. The van der Waals surface area contributed by atoms with E-state index >= 15 is 0 Å². The zero-order chi connectivity index (χ0) is 11.2. The Morgan fingerprint density at radius 3 is 2.69 bits per heavy atom. The van der Waals surface area contributed by atoms with Crippen molar-refractivity contribution in [2.45, 2.75) is 19.8 Å². The van der Waals surface area contributed by atoms with Crippen molar-refractivity contribution in [2.75, 3.05) is 6.61 Å². The van der Waals surface area contributed by atoms with Crippen molar-refractivity contribution >= 4 is 0 Å². The molecule has 0 aliphatic rings. The number of benzene rings is 1. The summed E-state index contributed by atoms with van der Waals surface area (Å²) in [5.41, 5.74) is 0.903. The van der Waals surface area contributed by atoms with Gasteiger partial charge < -0.3 is 9.15 Å². The van der Waals surface area contributed by atoms with Gasteiger partial charge in [-0.25, -0.2) is 0 Å². The van der Waals surface area contributed by atoms with Crippen molar-refractivity contribution in [2.24, 2.45) is 0 Å². The van der Waals surface area contributed by atoms with Crippen LogP contribution in [0.1, 0.15) is 19.8 Å². The second-order valence-corrected chi connectivity index (χ2v) is 3.47. The highest BCUT2D eigenvalue weighted by Crippen LogP contribution is 2.20. The van der Waals surface area contributed by atoms with Gasteiger partial charge in [-0.05, 0) is 30.7 Å². The zero-order valence-corrected chi connectivity index (χ0v) is 9.22. The lowest BCUT2D eigenvalue weighted by Crippen LogP contribution is -1.95. The number of rotatable bonds is 5. The first-order chi connectivity index (χ1) is 7.90. The van der Waals surface area contributed by atoms with Gasteiger partial charge in [-0.2, -0.15) is 0 Å². The minimum absolute atomic E-state index is 0.528. The van der Waals surface area contributed by atoms with Crippen molar-refractivity contribution in [3.05, 3.63) is 30.7 Å². The van der Waals surface area contributed by atoms with Gasteiger partial charge in [-0.1, -0.05) is 13.3 Å². The monoisotopic (exact) mass is 218 g/mol. The lowest BCUT2D eigenvalue weighted by Gasteiger charge is -2.04. The van der Waals surface area contributed by atoms with Crippen LogP contribution < -0.4 is 4.74 Å². The van der Waals surface area contributed by atoms with E-state index in [4.69, 9.17) is 9.15 Å². The molecule has 16 heavy (non-hydrogen) atoms. The van der Waals surface area contributed by atoms with E-state index < -0.39 is 0 Å². The Kier molecular flexibility index (Phi) is 3.53. The van der Waals surface area contributed by atoms with Gasteiger partial charge in [0.1, 0.15) is 5.75 Å². The number of unbranched alkanes of at least 4 members (excludes halogenated alkanes) is 1. The zero-order valence-electron chi connectivity index (χ0n) is 9.22. The molecule has 0 radical (unpaired) electrons. The molecule has 2 rings (SSSR count). The highest BCUT2D eigenvalue weighted by atomic mass is 16.5. The Labute approximate surface area is 94.3 Å². The number of nitrogens with zero attached hydrogens (tertiary/aromatic N) is 2. The molecule has 4 heteroatoms. The van der Waals surface area contributed by atoms with Crippen LogP contribution in [0.3, 0.4) is 0 Å². The van der Waals surface area contributed by atoms with Crippen molar-refractivity contribution in [3.8, 4) is 17.2 Å². The van der Waals surface area contributed by atoms with Gasteiger partial charge in [0.15, 0.2) is 0 Å². The van der Waals surface area contributed by atoms with Crippen molar-refractivity contribution in [3.63, 3.8) is 0 Å². The predicted molar refractivity (Wildman–Crippen MR) is 60.1 cm³/mol. The van der Waals surface area contributed by atoms with E-state index in [1.807, 2.05) is 24.3 Å². The molecular weight excluding hydrogens is 204 g/mol. The Bertz CT molecular complexity index is 409. The van der Waals surface area contributed by atoms with E-state index in [0.29, 0.717) is 5.89 Å². The molecule has 0 saturated heterocycles. The molecule has 0 saturated carbocycles. The maximum absolute atomic E-state index is 5.55. The van der Waals surface area contributed by atoms with Crippen LogP contribution in [0.4, 0.5) is 0 Å². The molecule has 0 spiro atoms. The molecule has 0 fully saturated rings. The lowest BCUT2D eigenvalue weighted by molar-refractivity contribution is 0.309. The molecule has 0 bridgehead atoms. The Balaban J connectivity index is 2.00. The second kappa shape index (κ2) is 5.30. The van der Waals surface area contributed by atoms with Crippen LogP contribution in [0.5, 0.6) is 5.75 Å². The quantitative estimate of drug-likeness (QED) is 0.724. The van der Waals surface area contributed by atoms with Gasteiger partial charge in [-0.15, -0.1) is 10.2 Å². The summed E-state index contributed by atoms with van der Waals surface area (Å²) in [6.45, 7) is 2.90. The summed E-state index contributed by atoms with van der Waals surface area (Å²) >= 11 is 0. The first kappa shape index (κ1) is 10.7. The molecular formula is C12H14N2O2. The predicted octanol–water partition coefficient (Wildman–Crippen LogP) is 2.92. The molecule has 0 amide bonds. The van der Waals surface area contributed by atoms with E-state index in [2.05, 4.69) is 17.1 Å². The molecule has 1 heterocycles. The maximum atomic E-state index is 5.55. The molecule has 0 aliphatic carbocycles. The molecule has 2 aromatic rings. The third-order valence-electron chi connectivity index (χ3n) is 2.23. The molecule has 4 nitrogen and oxygen atoms in total. The molecule has 84 valence electrons. The van der Waals surface area contributed by atoms with Crippen LogP contribution in [0.2, 0.25) is 0 Å². The molecule has 0 aliphatic heterocycles. The van der Waals surface area contributed by atoms with Crippen LogP contribution in [0.15, 0.2) is 35.1 Å². The summed E-state index contributed by atoms with van der Waals surface area (Å²) in [6.07, 6.45) is 3.53. The topological polar surface area (TPSA) is 48.2 Å². The second-order valence-electron chi connectivity index (χ2n) is 3.47. The standard InChI is InChI=1S/C12H14N2O2/c1-2-3-8-15-11-6-4-10(5-7-11)12-14-13-9-16-12/h4-7,9H,2-3,8H2,1H3. The van der Waals surface area contributed by atoms with Crippen LogP contribution in [-0.2, 0) is 0 Å². The Morgan fingerprint density at radius 2 is 2.06 bits per heavy atom. The number of hydrogen-bond donors (Lipinski definition) is 0. The number of aromatic nitrogens is 2.